The minimum atomic E-state index is -0.125. The Morgan fingerprint density at radius 1 is 0.875 bits per heavy atom. The lowest BCUT2D eigenvalue weighted by Crippen LogP contribution is -2.27. The van der Waals surface area contributed by atoms with Crippen molar-refractivity contribution in [3.8, 4) is 0 Å². The van der Waals surface area contributed by atoms with Crippen molar-refractivity contribution in [3.05, 3.63) is 0 Å². The zero-order valence-electron chi connectivity index (χ0n) is 11.5. The minimum absolute atomic E-state index is 0.125. The maximum absolute atomic E-state index is 9.19. The lowest BCUT2D eigenvalue weighted by atomic mass is 10.1. The molecular weight excluding hydrogens is 198 g/mol. The number of hydrogen-bond donors (Lipinski definition) is 1. The second kappa shape index (κ2) is 11.4. The smallest absolute Gasteiger partial charge is 0.0512 e. The molecule has 1 unspecified atom stereocenters. The molecule has 0 heterocycles. The lowest BCUT2D eigenvalue weighted by molar-refractivity contribution is 0.176. The van der Waals surface area contributed by atoms with Gasteiger partial charge in [-0.15, -0.1) is 0 Å². The highest BCUT2D eigenvalue weighted by molar-refractivity contribution is 4.59. The molecule has 1 atom stereocenters. The van der Waals surface area contributed by atoms with Crippen LogP contribution in [0.3, 0.4) is 0 Å². The monoisotopic (exact) mass is 229 g/mol. The van der Waals surface area contributed by atoms with E-state index in [4.69, 9.17) is 0 Å². The molecule has 0 aliphatic carbocycles. The second-order valence-corrected chi connectivity index (χ2v) is 4.89. The molecule has 0 saturated carbocycles. The third kappa shape index (κ3) is 10.4. The minimum Gasteiger partial charge on any atom is -0.393 e. The van der Waals surface area contributed by atoms with Gasteiger partial charge in [-0.1, -0.05) is 26.7 Å². The summed E-state index contributed by atoms with van der Waals surface area (Å²) in [6.45, 7) is 10.1. The third-order valence-corrected chi connectivity index (χ3v) is 3.00. The molecule has 0 aromatic heterocycles. The van der Waals surface area contributed by atoms with Gasteiger partial charge in [-0.05, 0) is 58.7 Å². The van der Waals surface area contributed by atoms with E-state index in [1.807, 2.05) is 6.92 Å². The van der Waals surface area contributed by atoms with Crippen molar-refractivity contribution in [1.29, 1.82) is 0 Å². The lowest BCUT2D eigenvalue weighted by Gasteiger charge is -2.21. The van der Waals surface area contributed by atoms with Gasteiger partial charge in [0.05, 0.1) is 6.10 Å². The molecule has 2 nitrogen and oxygen atoms in total. The normalized spacial score (nSPS) is 13.3. The van der Waals surface area contributed by atoms with Gasteiger partial charge in [-0.25, -0.2) is 0 Å². The third-order valence-electron chi connectivity index (χ3n) is 3.00. The van der Waals surface area contributed by atoms with Crippen LogP contribution >= 0.6 is 0 Å². The summed E-state index contributed by atoms with van der Waals surface area (Å²) in [7, 11) is 0. The summed E-state index contributed by atoms with van der Waals surface area (Å²) in [6.07, 6.45) is 8.44. The van der Waals surface area contributed by atoms with Crippen molar-refractivity contribution in [3.63, 3.8) is 0 Å². The van der Waals surface area contributed by atoms with Crippen LogP contribution in [0.25, 0.3) is 0 Å². The quantitative estimate of drug-likeness (QED) is 0.549. The molecule has 0 aromatic carbocycles. The van der Waals surface area contributed by atoms with Gasteiger partial charge in [0.1, 0.15) is 0 Å². The molecule has 0 rings (SSSR count). The molecule has 1 N–H and O–H groups in total. The zero-order chi connectivity index (χ0) is 12.2. The van der Waals surface area contributed by atoms with E-state index in [0.717, 1.165) is 12.8 Å². The van der Waals surface area contributed by atoms with E-state index in [9.17, 15) is 5.11 Å². The van der Waals surface area contributed by atoms with Crippen molar-refractivity contribution >= 4 is 0 Å². The number of aliphatic hydroxyl groups excluding tert-OH is 1. The Labute approximate surface area is 102 Å². The van der Waals surface area contributed by atoms with Gasteiger partial charge in [-0.3, -0.25) is 0 Å². The average Bonchev–Trinajstić information content (AvgIpc) is 2.26. The maximum atomic E-state index is 9.19. The number of hydrogen-bond acceptors (Lipinski definition) is 2. The van der Waals surface area contributed by atoms with Crippen LogP contribution in [0, 0.1) is 0 Å². The van der Waals surface area contributed by atoms with Crippen LogP contribution in [-0.4, -0.2) is 35.7 Å². The number of unbranched alkanes of at least 4 members (excludes halogenated alkanes) is 3. The second-order valence-electron chi connectivity index (χ2n) is 4.89. The highest BCUT2D eigenvalue weighted by atomic mass is 16.3. The Kier molecular flexibility index (Phi) is 11.3. The number of rotatable bonds is 11. The molecule has 0 aromatic rings. The topological polar surface area (TPSA) is 23.5 Å². The molecule has 0 amide bonds. The Morgan fingerprint density at radius 3 is 1.81 bits per heavy atom. The first-order valence-corrected chi connectivity index (χ1v) is 7.11. The van der Waals surface area contributed by atoms with Crippen LogP contribution in [0.15, 0.2) is 0 Å². The van der Waals surface area contributed by atoms with Crippen LogP contribution in [0.1, 0.15) is 65.7 Å². The van der Waals surface area contributed by atoms with E-state index in [0.29, 0.717) is 0 Å². The average molecular weight is 229 g/mol. The predicted molar refractivity (Wildman–Crippen MR) is 71.8 cm³/mol. The van der Waals surface area contributed by atoms with E-state index in [2.05, 4.69) is 18.7 Å². The summed E-state index contributed by atoms with van der Waals surface area (Å²) in [5, 5.41) is 9.19. The van der Waals surface area contributed by atoms with Crippen molar-refractivity contribution in [2.24, 2.45) is 0 Å². The van der Waals surface area contributed by atoms with Gasteiger partial charge in [0.2, 0.25) is 0 Å². The summed E-state index contributed by atoms with van der Waals surface area (Å²) in [5.74, 6) is 0. The first-order valence-electron chi connectivity index (χ1n) is 7.11. The molecule has 0 aliphatic rings. The molecule has 2 heteroatoms. The molecule has 0 aliphatic heterocycles. The van der Waals surface area contributed by atoms with E-state index in [1.54, 1.807) is 0 Å². The fourth-order valence-electron chi connectivity index (χ4n) is 1.87. The molecule has 0 bridgehead atoms. The van der Waals surface area contributed by atoms with Gasteiger partial charge < -0.3 is 10.0 Å². The summed E-state index contributed by atoms with van der Waals surface area (Å²) in [5.41, 5.74) is 0. The van der Waals surface area contributed by atoms with E-state index in [1.165, 1.54) is 51.7 Å². The Bertz CT molecular complexity index is 129. The fourth-order valence-corrected chi connectivity index (χ4v) is 1.87. The standard InChI is InChI=1S/C14H31NO/c1-4-6-11-15(12-7-5-2)13-9-8-10-14(3)16/h14,16H,4-13H2,1-3H3. The fraction of sp³-hybridized carbons (Fsp3) is 1.00. The first kappa shape index (κ1) is 15.9. The van der Waals surface area contributed by atoms with Gasteiger partial charge in [0.15, 0.2) is 0 Å². The summed E-state index contributed by atoms with van der Waals surface area (Å²) < 4.78 is 0. The van der Waals surface area contributed by atoms with Gasteiger partial charge >= 0.3 is 0 Å². The zero-order valence-corrected chi connectivity index (χ0v) is 11.5. The van der Waals surface area contributed by atoms with Crippen LogP contribution in [0.4, 0.5) is 0 Å². The van der Waals surface area contributed by atoms with Crippen LogP contribution in [-0.2, 0) is 0 Å². The molecule has 0 saturated heterocycles. The SMILES string of the molecule is CCCCN(CCCC)CCCCC(C)O. The number of nitrogens with zero attached hydrogens (tertiary/aromatic N) is 1. The molecule has 16 heavy (non-hydrogen) atoms. The Balaban J connectivity index is 3.56. The molecule has 98 valence electrons. The van der Waals surface area contributed by atoms with Crippen molar-refractivity contribution in [1.82, 2.24) is 4.90 Å². The van der Waals surface area contributed by atoms with Crippen LogP contribution in [0.5, 0.6) is 0 Å². The largest absolute Gasteiger partial charge is 0.393 e. The van der Waals surface area contributed by atoms with E-state index >= 15 is 0 Å². The van der Waals surface area contributed by atoms with Gasteiger partial charge in [-0.2, -0.15) is 0 Å². The van der Waals surface area contributed by atoms with E-state index < -0.39 is 0 Å². The molecule has 0 radical (unpaired) electrons. The van der Waals surface area contributed by atoms with Crippen molar-refractivity contribution < 1.29 is 5.11 Å². The van der Waals surface area contributed by atoms with E-state index in [-0.39, 0.29) is 6.10 Å². The summed E-state index contributed by atoms with van der Waals surface area (Å²) in [4.78, 5) is 2.59. The van der Waals surface area contributed by atoms with Crippen molar-refractivity contribution in [2.45, 2.75) is 71.8 Å². The highest BCUT2D eigenvalue weighted by Crippen LogP contribution is 2.05. The molecular formula is C14H31NO. The molecule has 0 fully saturated rings. The van der Waals surface area contributed by atoms with Gasteiger partial charge in [0, 0.05) is 0 Å². The van der Waals surface area contributed by atoms with Crippen LogP contribution < -0.4 is 0 Å². The first-order chi connectivity index (χ1) is 7.70. The summed E-state index contributed by atoms with van der Waals surface area (Å²) in [6, 6.07) is 0. The Morgan fingerprint density at radius 2 is 1.38 bits per heavy atom. The Hall–Kier alpha value is -0.0800. The summed E-state index contributed by atoms with van der Waals surface area (Å²) >= 11 is 0. The highest BCUT2D eigenvalue weighted by Gasteiger charge is 2.03. The predicted octanol–water partition coefficient (Wildman–Crippen LogP) is 3.44. The van der Waals surface area contributed by atoms with Gasteiger partial charge in [0.25, 0.3) is 0 Å². The molecule has 0 spiro atoms. The van der Waals surface area contributed by atoms with Crippen molar-refractivity contribution in [2.75, 3.05) is 19.6 Å². The number of aliphatic hydroxyl groups is 1. The maximum Gasteiger partial charge on any atom is 0.0512 e. The van der Waals surface area contributed by atoms with Crippen LogP contribution in [0.2, 0.25) is 0 Å².